The average molecular weight is 446 g/mol. The molecule has 1 aromatic heterocycles. The first kappa shape index (κ1) is 20.3. The van der Waals surface area contributed by atoms with E-state index in [1.807, 2.05) is 23.4 Å². The molecule has 0 aliphatic carbocycles. The van der Waals surface area contributed by atoms with Gasteiger partial charge in [0.05, 0.1) is 23.5 Å². The van der Waals surface area contributed by atoms with E-state index in [0.29, 0.717) is 48.4 Å². The summed E-state index contributed by atoms with van der Waals surface area (Å²) in [5, 5.41) is 3.37. The van der Waals surface area contributed by atoms with Crippen molar-refractivity contribution in [1.82, 2.24) is 14.8 Å². The van der Waals surface area contributed by atoms with E-state index in [4.69, 9.17) is 4.74 Å². The topological polar surface area (TPSA) is 79.2 Å². The molecule has 1 amide bonds. The fraction of sp³-hybridized carbons (Fsp3) is 0.476. The van der Waals surface area contributed by atoms with Gasteiger partial charge in [-0.25, -0.2) is 4.39 Å². The molecule has 4 heterocycles. The van der Waals surface area contributed by atoms with Crippen molar-refractivity contribution in [3.63, 3.8) is 0 Å². The van der Waals surface area contributed by atoms with Crippen LogP contribution in [0.15, 0.2) is 22.1 Å². The Morgan fingerprint density at radius 1 is 1.32 bits per heavy atom. The first-order valence-corrected chi connectivity index (χ1v) is 11.4. The van der Waals surface area contributed by atoms with Crippen LogP contribution in [-0.4, -0.2) is 72.7 Å². The SMILES string of the molecule is C[C@@H]1COc2c(N3CCN(C)CC3)c(F)cc3c(=O)c(C(=O)NC4=NCCS4)cn1c23. The molecular weight excluding hydrogens is 421 g/mol. The second kappa shape index (κ2) is 7.83. The summed E-state index contributed by atoms with van der Waals surface area (Å²) in [7, 11) is 2.04. The van der Waals surface area contributed by atoms with Gasteiger partial charge >= 0.3 is 0 Å². The Morgan fingerprint density at radius 2 is 2.10 bits per heavy atom. The van der Waals surface area contributed by atoms with Crippen molar-refractivity contribution in [2.75, 3.05) is 57.0 Å². The number of piperazine rings is 1. The van der Waals surface area contributed by atoms with Crippen LogP contribution in [0.1, 0.15) is 23.3 Å². The van der Waals surface area contributed by atoms with Crippen molar-refractivity contribution < 1.29 is 13.9 Å². The Balaban J connectivity index is 1.65. The number of thioether (sulfide) groups is 1. The Hall–Kier alpha value is -2.59. The predicted molar refractivity (Wildman–Crippen MR) is 120 cm³/mol. The number of anilines is 1. The van der Waals surface area contributed by atoms with Gasteiger partial charge in [-0.2, -0.15) is 0 Å². The van der Waals surface area contributed by atoms with Crippen LogP contribution in [0.5, 0.6) is 5.75 Å². The second-order valence-electron chi connectivity index (χ2n) is 8.15. The minimum atomic E-state index is -0.521. The fourth-order valence-electron chi connectivity index (χ4n) is 4.27. The Morgan fingerprint density at radius 3 is 2.81 bits per heavy atom. The molecule has 3 aliphatic rings. The summed E-state index contributed by atoms with van der Waals surface area (Å²) in [5.41, 5.74) is 0.419. The number of nitrogens with one attached hydrogen (secondary N) is 1. The molecule has 1 atom stereocenters. The van der Waals surface area contributed by atoms with Gasteiger partial charge in [-0.3, -0.25) is 14.6 Å². The molecule has 164 valence electrons. The van der Waals surface area contributed by atoms with E-state index in [9.17, 15) is 9.59 Å². The third-order valence-electron chi connectivity index (χ3n) is 6.01. The summed E-state index contributed by atoms with van der Waals surface area (Å²) in [6, 6.07) is 1.15. The number of halogens is 1. The van der Waals surface area contributed by atoms with Crippen LogP contribution in [0.2, 0.25) is 0 Å². The number of aromatic nitrogens is 1. The number of rotatable bonds is 2. The number of benzene rings is 1. The van der Waals surface area contributed by atoms with E-state index in [0.717, 1.165) is 18.8 Å². The number of amides is 1. The normalized spacial score (nSPS) is 21.2. The molecule has 31 heavy (non-hydrogen) atoms. The van der Waals surface area contributed by atoms with Gasteiger partial charge in [0, 0.05) is 38.1 Å². The molecule has 0 bridgehead atoms. The lowest BCUT2D eigenvalue weighted by molar-refractivity contribution is 0.0976. The van der Waals surface area contributed by atoms with Gasteiger partial charge < -0.3 is 24.4 Å². The highest BCUT2D eigenvalue weighted by Crippen LogP contribution is 2.42. The summed E-state index contributed by atoms with van der Waals surface area (Å²) in [6.07, 6.45) is 1.57. The first-order valence-electron chi connectivity index (χ1n) is 10.4. The van der Waals surface area contributed by atoms with Crippen molar-refractivity contribution in [3.05, 3.63) is 33.9 Å². The molecule has 5 rings (SSSR count). The van der Waals surface area contributed by atoms with Crippen LogP contribution < -0.4 is 20.4 Å². The molecule has 2 aromatic rings. The molecule has 1 fully saturated rings. The number of hydrogen-bond donors (Lipinski definition) is 1. The van der Waals surface area contributed by atoms with Gasteiger partial charge in [0.25, 0.3) is 5.91 Å². The van der Waals surface area contributed by atoms with Crippen LogP contribution in [0, 0.1) is 5.82 Å². The van der Waals surface area contributed by atoms with Gasteiger partial charge in [-0.15, -0.1) is 0 Å². The van der Waals surface area contributed by atoms with Crippen molar-refractivity contribution in [1.29, 1.82) is 0 Å². The van der Waals surface area contributed by atoms with E-state index in [2.05, 4.69) is 15.2 Å². The average Bonchev–Trinajstić information content (AvgIpc) is 3.26. The number of likely N-dealkylation sites (N-methyl/N-ethyl adjacent to an activating group) is 1. The zero-order valence-electron chi connectivity index (χ0n) is 17.5. The third-order valence-corrected chi connectivity index (χ3v) is 6.90. The molecule has 0 radical (unpaired) electrons. The molecule has 0 unspecified atom stereocenters. The minimum absolute atomic E-state index is 0.0193. The van der Waals surface area contributed by atoms with E-state index >= 15 is 4.39 Å². The molecule has 8 nitrogen and oxygen atoms in total. The molecule has 0 spiro atoms. The van der Waals surface area contributed by atoms with Crippen LogP contribution in [0.25, 0.3) is 10.9 Å². The highest BCUT2D eigenvalue weighted by atomic mass is 32.2. The lowest BCUT2D eigenvalue weighted by Gasteiger charge is -2.37. The molecule has 10 heteroatoms. The van der Waals surface area contributed by atoms with Crippen LogP contribution in [-0.2, 0) is 0 Å². The molecule has 1 N–H and O–H groups in total. The maximum absolute atomic E-state index is 15.3. The Bertz CT molecular complexity index is 1160. The van der Waals surface area contributed by atoms with Gasteiger partial charge in [0.15, 0.2) is 16.7 Å². The number of aliphatic imine (C=N–C) groups is 1. The maximum atomic E-state index is 15.3. The van der Waals surface area contributed by atoms with Crippen molar-refractivity contribution in [3.8, 4) is 5.75 Å². The summed E-state index contributed by atoms with van der Waals surface area (Å²) in [4.78, 5) is 34.4. The molecule has 1 aromatic carbocycles. The minimum Gasteiger partial charge on any atom is -0.487 e. The predicted octanol–water partition coefficient (Wildman–Crippen LogP) is 1.68. The summed E-state index contributed by atoms with van der Waals surface area (Å²) in [6.45, 7) is 5.91. The summed E-state index contributed by atoms with van der Waals surface area (Å²) in [5.74, 6) is 0.166. The number of carbonyl (C=O) groups excluding carboxylic acids is 1. The van der Waals surface area contributed by atoms with Gasteiger partial charge in [0.1, 0.15) is 17.9 Å². The standard InChI is InChI=1S/C21H24FN5O3S/c1-12-11-30-19-16-13(9-15(22)17(19)26-6-4-25(2)5-7-26)18(28)14(10-27(12)16)20(29)24-21-23-3-8-31-21/h9-10,12H,3-8,11H2,1-2H3,(H,23,24,29)/t12-/m1/s1. The van der Waals surface area contributed by atoms with Crippen LogP contribution in [0.3, 0.4) is 0 Å². The number of nitrogens with zero attached hydrogens (tertiary/aromatic N) is 4. The third kappa shape index (κ3) is 3.47. The lowest BCUT2D eigenvalue weighted by atomic mass is 10.0. The van der Waals surface area contributed by atoms with E-state index in [1.54, 1.807) is 6.20 Å². The monoisotopic (exact) mass is 445 g/mol. The van der Waals surface area contributed by atoms with E-state index in [1.165, 1.54) is 17.8 Å². The van der Waals surface area contributed by atoms with Crippen molar-refractivity contribution in [2.24, 2.45) is 4.99 Å². The van der Waals surface area contributed by atoms with Gasteiger partial charge in [-0.1, -0.05) is 11.8 Å². The first-order chi connectivity index (χ1) is 14.9. The van der Waals surface area contributed by atoms with Crippen molar-refractivity contribution in [2.45, 2.75) is 13.0 Å². The summed E-state index contributed by atoms with van der Waals surface area (Å²) < 4.78 is 23.2. The number of ether oxygens (including phenoxy) is 1. The quantitative estimate of drug-likeness (QED) is 0.758. The molecule has 1 saturated heterocycles. The summed E-state index contributed by atoms with van der Waals surface area (Å²) >= 11 is 1.44. The molecule has 0 saturated carbocycles. The largest absolute Gasteiger partial charge is 0.487 e. The fourth-order valence-corrected chi connectivity index (χ4v) is 5.00. The lowest BCUT2D eigenvalue weighted by Crippen LogP contribution is -2.45. The van der Waals surface area contributed by atoms with Gasteiger partial charge in [0.2, 0.25) is 5.43 Å². The number of pyridine rings is 1. The number of carbonyl (C=O) groups is 1. The zero-order valence-corrected chi connectivity index (χ0v) is 18.3. The Kier molecular flexibility index (Phi) is 5.13. The molecular formula is C21H24FN5O3S. The highest BCUT2D eigenvalue weighted by Gasteiger charge is 2.31. The zero-order chi connectivity index (χ0) is 21.7. The van der Waals surface area contributed by atoms with Crippen molar-refractivity contribution >= 4 is 39.4 Å². The van der Waals surface area contributed by atoms with E-state index in [-0.39, 0.29) is 17.0 Å². The van der Waals surface area contributed by atoms with Gasteiger partial charge in [-0.05, 0) is 20.0 Å². The number of hydrogen-bond acceptors (Lipinski definition) is 7. The molecule has 3 aliphatic heterocycles. The second-order valence-corrected chi connectivity index (χ2v) is 9.23. The maximum Gasteiger partial charge on any atom is 0.262 e. The van der Waals surface area contributed by atoms with Crippen LogP contribution >= 0.6 is 11.8 Å². The smallest absolute Gasteiger partial charge is 0.262 e. The number of amidine groups is 1. The Labute approximate surface area is 183 Å². The highest BCUT2D eigenvalue weighted by molar-refractivity contribution is 8.14. The van der Waals surface area contributed by atoms with Crippen LogP contribution in [0.4, 0.5) is 10.1 Å². The van der Waals surface area contributed by atoms with E-state index < -0.39 is 17.2 Å².